The predicted molar refractivity (Wildman–Crippen MR) is 89.4 cm³/mol. The molecule has 0 saturated heterocycles. The number of amides is 1. The van der Waals surface area contributed by atoms with Crippen molar-refractivity contribution in [2.75, 3.05) is 6.54 Å². The van der Waals surface area contributed by atoms with Gasteiger partial charge in [0.25, 0.3) is 0 Å². The molecule has 0 radical (unpaired) electrons. The SMILES string of the molecule is Cc1ccsc1/C=C/C(=O)NCC#Cc1cccc(C(F)(F)F)c1. The van der Waals surface area contributed by atoms with E-state index in [9.17, 15) is 18.0 Å². The highest BCUT2D eigenvalue weighted by Crippen LogP contribution is 2.29. The van der Waals surface area contributed by atoms with Gasteiger partial charge in [0.1, 0.15) is 0 Å². The van der Waals surface area contributed by atoms with Crippen LogP contribution in [0.15, 0.2) is 41.8 Å². The van der Waals surface area contributed by atoms with Gasteiger partial charge in [-0.05, 0) is 48.2 Å². The van der Waals surface area contributed by atoms with Crippen molar-refractivity contribution in [1.82, 2.24) is 5.32 Å². The molecule has 1 amide bonds. The normalized spacial score (nSPS) is 11.2. The molecule has 0 spiro atoms. The van der Waals surface area contributed by atoms with Gasteiger partial charge in [-0.1, -0.05) is 17.9 Å². The Hall–Kier alpha value is -2.52. The fourth-order valence-electron chi connectivity index (χ4n) is 1.82. The molecule has 0 aliphatic rings. The first-order valence-electron chi connectivity index (χ1n) is 7.02. The summed E-state index contributed by atoms with van der Waals surface area (Å²) in [4.78, 5) is 12.6. The van der Waals surface area contributed by atoms with Crippen molar-refractivity contribution in [1.29, 1.82) is 0 Å². The maximum Gasteiger partial charge on any atom is 0.416 e. The summed E-state index contributed by atoms with van der Waals surface area (Å²) < 4.78 is 37.7. The maximum atomic E-state index is 12.6. The number of nitrogens with one attached hydrogen (secondary N) is 1. The molecule has 0 aliphatic heterocycles. The van der Waals surface area contributed by atoms with Crippen molar-refractivity contribution in [3.63, 3.8) is 0 Å². The van der Waals surface area contributed by atoms with E-state index in [-0.39, 0.29) is 18.0 Å². The zero-order chi connectivity index (χ0) is 17.6. The van der Waals surface area contributed by atoms with E-state index < -0.39 is 11.7 Å². The Labute approximate surface area is 142 Å². The summed E-state index contributed by atoms with van der Waals surface area (Å²) in [5.41, 5.74) is 0.602. The standard InChI is InChI=1S/C18H14F3NOS/c1-13-9-11-24-16(13)7-8-17(23)22-10-3-5-14-4-2-6-15(12-14)18(19,20)21/h2,4,6-9,11-12H,10H2,1H3,(H,22,23)/b8-7+. The van der Waals surface area contributed by atoms with E-state index in [1.54, 1.807) is 6.08 Å². The minimum atomic E-state index is -4.39. The van der Waals surface area contributed by atoms with E-state index in [1.807, 2.05) is 18.4 Å². The van der Waals surface area contributed by atoms with Gasteiger partial charge in [0.15, 0.2) is 0 Å². The Balaban J connectivity index is 1.89. The number of carbonyl (C=O) groups excluding carboxylic acids is 1. The lowest BCUT2D eigenvalue weighted by atomic mass is 10.1. The van der Waals surface area contributed by atoms with Crippen LogP contribution in [0.25, 0.3) is 6.08 Å². The smallest absolute Gasteiger partial charge is 0.342 e. The summed E-state index contributed by atoms with van der Waals surface area (Å²) in [6.07, 6.45) is -1.27. The van der Waals surface area contributed by atoms with Gasteiger partial charge in [-0.2, -0.15) is 13.2 Å². The first-order chi connectivity index (χ1) is 11.4. The molecule has 0 unspecified atom stereocenters. The second kappa shape index (κ2) is 7.84. The van der Waals surface area contributed by atoms with Gasteiger partial charge in [-0.25, -0.2) is 0 Å². The molecule has 1 heterocycles. The van der Waals surface area contributed by atoms with Crippen molar-refractivity contribution in [2.24, 2.45) is 0 Å². The van der Waals surface area contributed by atoms with E-state index in [1.165, 1.54) is 29.5 Å². The quantitative estimate of drug-likeness (QED) is 0.651. The number of benzene rings is 1. The summed E-state index contributed by atoms with van der Waals surface area (Å²) in [5.74, 6) is 4.94. The second-order valence-corrected chi connectivity index (χ2v) is 5.85. The topological polar surface area (TPSA) is 29.1 Å². The van der Waals surface area contributed by atoms with Crippen LogP contribution in [0.1, 0.15) is 21.6 Å². The van der Waals surface area contributed by atoms with E-state index >= 15 is 0 Å². The Morgan fingerprint density at radius 2 is 2.12 bits per heavy atom. The van der Waals surface area contributed by atoms with Gasteiger partial charge in [-0.15, -0.1) is 11.3 Å². The Bertz CT molecular complexity index is 809. The molecule has 24 heavy (non-hydrogen) atoms. The summed E-state index contributed by atoms with van der Waals surface area (Å²) in [6, 6.07) is 6.72. The van der Waals surface area contributed by atoms with Crippen LogP contribution in [0.4, 0.5) is 13.2 Å². The van der Waals surface area contributed by atoms with Crippen LogP contribution in [0.5, 0.6) is 0 Å². The lowest BCUT2D eigenvalue weighted by Gasteiger charge is -2.05. The minimum Gasteiger partial charge on any atom is -0.342 e. The molecule has 0 fully saturated rings. The van der Waals surface area contributed by atoms with Crippen LogP contribution in [0, 0.1) is 18.8 Å². The van der Waals surface area contributed by atoms with Crippen LogP contribution in [0.2, 0.25) is 0 Å². The molecule has 1 aromatic heterocycles. The monoisotopic (exact) mass is 349 g/mol. The Morgan fingerprint density at radius 3 is 2.79 bits per heavy atom. The molecule has 0 atom stereocenters. The summed E-state index contributed by atoms with van der Waals surface area (Å²) >= 11 is 1.53. The molecule has 2 aromatic rings. The second-order valence-electron chi connectivity index (χ2n) is 4.90. The zero-order valence-electron chi connectivity index (χ0n) is 12.8. The summed E-state index contributed by atoms with van der Waals surface area (Å²) in [6.45, 7) is 2.01. The third-order valence-corrected chi connectivity index (χ3v) is 4.05. The van der Waals surface area contributed by atoms with Gasteiger partial charge >= 0.3 is 6.18 Å². The Morgan fingerprint density at radius 1 is 1.33 bits per heavy atom. The van der Waals surface area contributed by atoms with Gasteiger partial charge in [0.05, 0.1) is 12.1 Å². The maximum absolute atomic E-state index is 12.6. The average Bonchev–Trinajstić information content (AvgIpc) is 2.94. The number of hydrogen-bond donors (Lipinski definition) is 1. The molecule has 0 saturated carbocycles. The molecule has 2 nitrogen and oxygen atoms in total. The summed E-state index contributed by atoms with van der Waals surface area (Å²) in [7, 11) is 0. The van der Waals surface area contributed by atoms with Crippen LogP contribution in [-0.4, -0.2) is 12.5 Å². The van der Waals surface area contributed by atoms with Crippen LogP contribution in [0.3, 0.4) is 0 Å². The first-order valence-corrected chi connectivity index (χ1v) is 7.90. The van der Waals surface area contributed by atoms with Crippen molar-refractivity contribution in [3.05, 3.63) is 63.4 Å². The van der Waals surface area contributed by atoms with Gasteiger partial charge in [-0.3, -0.25) is 4.79 Å². The Kier molecular flexibility index (Phi) is 5.83. The number of carbonyl (C=O) groups is 1. The van der Waals surface area contributed by atoms with E-state index in [0.29, 0.717) is 0 Å². The van der Waals surface area contributed by atoms with Gasteiger partial charge < -0.3 is 5.32 Å². The average molecular weight is 349 g/mol. The number of thiophene rings is 1. The minimum absolute atomic E-state index is 0.0584. The van der Waals surface area contributed by atoms with E-state index in [0.717, 1.165) is 22.6 Å². The van der Waals surface area contributed by atoms with Gasteiger partial charge in [0, 0.05) is 16.5 Å². The van der Waals surface area contributed by atoms with Crippen LogP contribution >= 0.6 is 11.3 Å². The van der Waals surface area contributed by atoms with E-state index in [2.05, 4.69) is 17.2 Å². The number of halogens is 3. The molecule has 0 bridgehead atoms. The lowest BCUT2D eigenvalue weighted by Crippen LogP contribution is -2.20. The van der Waals surface area contributed by atoms with Gasteiger partial charge in [0.2, 0.25) is 5.91 Å². The molecule has 1 N–H and O–H groups in total. The van der Waals surface area contributed by atoms with Crippen molar-refractivity contribution in [2.45, 2.75) is 13.1 Å². The molecule has 1 aromatic carbocycles. The number of alkyl halides is 3. The first kappa shape index (κ1) is 17.8. The predicted octanol–water partition coefficient (Wildman–Crippen LogP) is 4.26. The molecule has 6 heteroatoms. The van der Waals surface area contributed by atoms with Crippen LogP contribution in [-0.2, 0) is 11.0 Å². The van der Waals surface area contributed by atoms with Crippen molar-refractivity contribution < 1.29 is 18.0 Å². The lowest BCUT2D eigenvalue weighted by molar-refractivity contribution is -0.137. The highest BCUT2D eigenvalue weighted by atomic mass is 32.1. The van der Waals surface area contributed by atoms with Crippen molar-refractivity contribution >= 4 is 23.3 Å². The molecule has 124 valence electrons. The van der Waals surface area contributed by atoms with Crippen molar-refractivity contribution in [3.8, 4) is 11.8 Å². The molecular formula is C18H14F3NOS. The highest BCUT2D eigenvalue weighted by molar-refractivity contribution is 7.11. The third kappa shape index (κ3) is 5.28. The number of rotatable bonds is 3. The highest BCUT2D eigenvalue weighted by Gasteiger charge is 2.30. The fourth-order valence-corrected chi connectivity index (χ4v) is 2.64. The third-order valence-electron chi connectivity index (χ3n) is 3.06. The van der Waals surface area contributed by atoms with E-state index in [4.69, 9.17) is 0 Å². The molecular weight excluding hydrogens is 335 g/mol. The zero-order valence-corrected chi connectivity index (χ0v) is 13.6. The van der Waals surface area contributed by atoms with Crippen LogP contribution < -0.4 is 5.32 Å². The molecule has 0 aliphatic carbocycles. The largest absolute Gasteiger partial charge is 0.416 e. The molecule has 2 rings (SSSR count). The summed E-state index contributed by atoms with van der Waals surface area (Å²) in [5, 5.41) is 4.50. The fraction of sp³-hybridized carbons (Fsp3) is 0.167. The number of aryl methyl sites for hydroxylation is 1. The number of hydrogen-bond acceptors (Lipinski definition) is 2.